The van der Waals surface area contributed by atoms with Gasteiger partial charge in [0.1, 0.15) is 6.29 Å². The highest BCUT2D eigenvalue weighted by Crippen LogP contribution is 1.67. The Kier molecular flexibility index (Phi) is 12.1. The molecule has 0 heterocycles. The molecule has 0 aliphatic carbocycles. The van der Waals surface area contributed by atoms with Gasteiger partial charge < -0.3 is 4.74 Å². The van der Waals surface area contributed by atoms with Crippen LogP contribution in [0.25, 0.3) is 0 Å². The van der Waals surface area contributed by atoms with Crippen LogP contribution in [0, 0.1) is 0 Å². The smallest absolute Gasteiger partial charge is 0.329 e. The molecular weight excluding hydrogens is 132 g/mol. The van der Waals surface area contributed by atoms with Gasteiger partial charge >= 0.3 is 5.97 Å². The molecule has 3 nitrogen and oxygen atoms in total. The van der Waals surface area contributed by atoms with Crippen molar-refractivity contribution < 1.29 is 14.3 Å². The van der Waals surface area contributed by atoms with Crippen LogP contribution >= 0.6 is 0 Å². The first-order valence-corrected chi connectivity index (χ1v) is 2.49. The molecule has 3 heteroatoms. The van der Waals surface area contributed by atoms with E-state index in [-0.39, 0.29) is 0 Å². The molecule has 0 saturated carbocycles. The largest absolute Gasteiger partial charge is 0.466 e. The minimum atomic E-state index is -0.394. The minimum Gasteiger partial charge on any atom is -0.466 e. The first-order valence-electron chi connectivity index (χ1n) is 2.49. The monoisotopic (exact) mass is 142 g/mol. The number of esters is 1. The average molecular weight is 142 g/mol. The Morgan fingerprint density at radius 1 is 1.50 bits per heavy atom. The number of carbonyl (C=O) groups is 2. The number of carbonyl (C=O) groups excluding carboxylic acids is 2. The van der Waals surface area contributed by atoms with E-state index in [0.29, 0.717) is 6.29 Å². The Morgan fingerprint density at radius 3 is 1.90 bits per heavy atom. The summed E-state index contributed by atoms with van der Waals surface area (Å²) in [5, 5.41) is 0. The number of hydrogen-bond donors (Lipinski definition) is 0. The van der Waals surface area contributed by atoms with E-state index in [1.54, 1.807) is 0 Å². The molecule has 0 aromatic heterocycles. The molecule has 10 heavy (non-hydrogen) atoms. The summed E-state index contributed by atoms with van der Waals surface area (Å²) in [6, 6.07) is 0. The van der Waals surface area contributed by atoms with Crippen molar-refractivity contribution in [2.24, 2.45) is 0 Å². The maximum atomic E-state index is 9.84. The second-order valence-corrected chi connectivity index (χ2v) is 1.10. The lowest BCUT2D eigenvalue weighted by molar-refractivity contribution is -0.134. The van der Waals surface area contributed by atoms with Gasteiger partial charge in [-0.05, 0) is 6.08 Å². The van der Waals surface area contributed by atoms with Crippen LogP contribution in [-0.2, 0) is 14.3 Å². The van der Waals surface area contributed by atoms with Crippen molar-refractivity contribution in [1.82, 2.24) is 0 Å². The van der Waals surface area contributed by atoms with Crippen LogP contribution in [0.3, 0.4) is 0 Å². The molecule has 0 radical (unpaired) electrons. The molecule has 0 rings (SSSR count). The van der Waals surface area contributed by atoms with Gasteiger partial charge in [0.15, 0.2) is 0 Å². The summed E-state index contributed by atoms with van der Waals surface area (Å²) in [7, 11) is 1.31. The van der Waals surface area contributed by atoms with Gasteiger partial charge in [-0.3, -0.25) is 4.79 Å². The Labute approximate surface area is 60.0 Å². The van der Waals surface area contributed by atoms with Crippen molar-refractivity contribution in [2.75, 3.05) is 7.11 Å². The molecule has 0 atom stereocenters. The standard InChI is InChI=1S/C4H6O2.C3H4O/c1-3-4(5)6-2;1-2-3-4/h3H,1H2,2H3;2-3H,1H2. The van der Waals surface area contributed by atoms with Gasteiger partial charge in [-0.15, -0.1) is 0 Å². The van der Waals surface area contributed by atoms with Crippen molar-refractivity contribution in [1.29, 1.82) is 0 Å². The van der Waals surface area contributed by atoms with Crippen molar-refractivity contribution in [3.8, 4) is 0 Å². The zero-order chi connectivity index (χ0) is 8.41. The Hall–Kier alpha value is -1.38. The van der Waals surface area contributed by atoms with Gasteiger partial charge in [-0.2, -0.15) is 0 Å². The second kappa shape index (κ2) is 10.6. The van der Waals surface area contributed by atoms with Crippen LogP contribution in [0.15, 0.2) is 25.3 Å². The van der Waals surface area contributed by atoms with Crippen molar-refractivity contribution in [3.63, 3.8) is 0 Å². The number of aldehydes is 1. The third kappa shape index (κ3) is 16.0. The van der Waals surface area contributed by atoms with Crippen molar-refractivity contribution in [2.45, 2.75) is 0 Å². The average Bonchev–Trinajstić information content (AvgIpc) is 2.03. The lowest BCUT2D eigenvalue weighted by atomic mass is 10.7. The predicted molar refractivity (Wildman–Crippen MR) is 38.5 cm³/mol. The van der Waals surface area contributed by atoms with Gasteiger partial charge in [0.2, 0.25) is 0 Å². The lowest BCUT2D eigenvalue weighted by Gasteiger charge is -1.83. The molecule has 0 saturated heterocycles. The van der Waals surface area contributed by atoms with Crippen LogP contribution in [0.2, 0.25) is 0 Å². The number of ether oxygens (including phenoxy) is 1. The van der Waals surface area contributed by atoms with E-state index in [1.807, 2.05) is 0 Å². The molecule has 0 aliphatic rings. The van der Waals surface area contributed by atoms with E-state index < -0.39 is 5.97 Å². The zero-order valence-electron chi connectivity index (χ0n) is 5.87. The van der Waals surface area contributed by atoms with Crippen LogP contribution in [-0.4, -0.2) is 19.4 Å². The molecule has 0 spiro atoms. The van der Waals surface area contributed by atoms with Crippen LogP contribution in [0.4, 0.5) is 0 Å². The molecule has 0 bridgehead atoms. The fourth-order valence-corrected chi connectivity index (χ4v) is 0.0833. The molecule has 0 amide bonds. The molecule has 56 valence electrons. The first-order chi connectivity index (χ1) is 4.72. The van der Waals surface area contributed by atoms with Crippen LogP contribution < -0.4 is 0 Å². The topological polar surface area (TPSA) is 43.4 Å². The van der Waals surface area contributed by atoms with Crippen molar-refractivity contribution in [3.05, 3.63) is 25.3 Å². The van der Waals surface area contributed by atoms with Crippen LogP contribution in [0.1, 0.15) is 0 Å². The SMILES string of the molecule is C=CC(=O)OC.C=CC=O. The maximum Gasteiger partial charge on any atom is 0.329 e. The fourth-order valence-electron chi connectivity index (χ4n) is 0.0833. The fraction of sp³-hybridized carbons (Fsp3) is 0.143. The van der Waals surface area contributed by atoms with Gasteiger partial charge in [-0.1, -0.05) is 13.2 Å². The van der Waals surface area contributed by atoms with Crippen molar-refractivity contribution >= 4 is 12.3 Å². The van der Waals surface area contributed by atoms with Crippen LogP contribution in [0.5, 0.6) is 0 Å². The maximum absolute atomic E-state index is 9.84. The Balaban J connectivity index is 0. The minimum absolute atomic E-state index is 0.394. The van der Waals surface area contributed by atoms with Gasteiger partial charge in [-0.25, -0.2) is 4.79 Å². The predicted octanol–water partition coefficient (Wildman–Crippen LogP) is 0.717. The number of hydrogen-bond acceptors (Lipinski definition) is 3. The molecular formula is C7H10O3. The highest BCUT2D eigenvalue weighted by atomic mass is 16.5. The van der Waals surface area contributed by atoms with Gasteiger partial charge in [0.25, 0.3) is 0 Å². The summed E-state index contributed by atoms with van der Waals surface area (Å²) in [5.41, 5.74) is 0. The van der Waals surface area contributed by atoms with E-state index in [9.17, 15) is 4.79 Å². The number of methoxy groups -OCH3 is 1. The van der Waals surface area contributed by atoms with E-state index in [4.69, 9.17) is 4.79 Å². The Morgan fingerprint density at radius 2 is 1.90 bits per heavy atom. The first kappa shape index (κ1) is 11.4. The summed E-state index contributed by atoms with van der Waals surface area (Å²) < 4.78 is 4.14. The van der Waals surface area contributed by atoms with E-state index in [1.165, 1.54) is 13.2 Å². The highest BCUT2D eigenvalue weighted by molar-refractivity contribution is 5.80. The number of rotatable bonds is 2. The normalized spacial score (nSPS) is 6.10. The summed E-state index contributed by atoms with van der Waals surface area (Å²) in [5.74, 6) is -0.394. The quantitative estimate of drug-likeness (QED) is 0.324. The van der Waals surface area contributed by atoms with E-state index in [0.717, 1.165) is 6.08 Å². The summed E-state index contributed by atoms with van der Waals surface area (Å²) >= 11 is 0. The van der Waals surface area contributed by atoms with E-state index >= 15 is 0 Å². The highest BCUT2D eigenvalue weighted by Gasteiger charge is 1.81. The molecule has 0 aromatic rings. The third-order valence-electron chi connectivity index (χ3n) is 0.464. The second-order valence-electron chi connectivity index (χ2n) is 1.10. The summed E-state index contributed by atoms with van der Waals surface area (Å²) in [4.78, 5) is 18.9. The molecule has 0 aromatic carbocycles. The summed E-state index contributed by atoms with van der Waals surface area (Å²) in [6.45, 7) is 6.27. The summed E-state index contributed by atoms with van der Waals surface area (Å²) in [6.07, 6.45) is 2.94. The molecule has 0 aliphatic heterocycles. The third-order valence-corrected chi connectivity index (χ3v) is 0.464. The zero-order valence-corrected chi connectivity index (χ0v) is 5.87. The Bertz CT molecular complexity index is 121. The van der Waals surface area contributed by atoms with E-state index in [2.05, 4.69) is 17.9 Å². The van der Waals surface area contributed by atoms with Gasteiger partial charge in [0.05, 0.1) is 7.11 Å². The number of allylic oxidation sites excluding steroid dienone is 1. The molecule has 0 N–H and O–H groups in total. The molecule has 0 fully saturated rings. The lowest BCUT2D eigenvalue weighted by Crippen LogP contribution is -1.91. The molecule has 0 unspecified atom stereocenters. The van der Waals surface area contributed by atoms with Gasteiger partial charge in [0, 0.05) is 6.08 Å².